The molecule has 2 unspecified atom stereocenters. The lowest BCUT2D eigenvalue weighted by atomic mass is 10.0. The molecule has 0 heterocycles. The molecule has 0 aromatic carbocycles. The molecule has 53 heavy (non-hydrogen) atoms. The Hall–Kier alpha value is -0.990. The molecule has 0 saturated carbocycles. The molecule has 316 valence electrons. The summed E-state index contributed by atoms with van der Waals surface area (Å²) in [6.07, 6.45) is 35.8. The van der Waals surface area contributed by atoms with Gasteiger partial charge in [-0.15, -0.1) is 0 Å². The second-order valence-corrected chi connectivity index (χ2v) is 17.8. The fourth-order valence-corrected chi connectivity index (χ4v) is 7.16. The van der Waals surface area contributed by atoms with Crippen LogP contribution in [0, 0.1) is 0 Å². The first kappa shape index (κ1) is 52.0. The van der Waals surface area contributed by atoms with Crippen LogP contribution < -0.4 is 4.89 Å². The van der Waals surface area contributed by atoms with Gasteiger partial charge in [0.05, 0.1) is 21.1 Å². The maximum absolute atomic E-state index is 12.6. The first-order valence-corrected chi connectivity index (χ1v) is 23.7. The molecule has 0 radical (unpaired) electrons. The summed E-state index contributed by atoms with van der Waals surface area (Å²) in [6, 6.07) is 0. The molecular weight excluding hydrogens is 689 g/mol. The number of likely N-dealkylation sites (N-methyl/N-ethyl adjacent to an activating group) is 1. The number of esters is 2. The molecule has 0 aliphatic rings. The van der Waals surface area contributed by atoms with Gasteiger partial charge >= 0.3 is 11.9 Å². The highest BCUT2D eigenvalue weighted by atomic mass is 31.2. The fourth-order valence-electron chi connectivity index (χ4n) is 6.41. The van der Waals surface area contributed by atoms with Crippen LogP contribution in [0.5, 0.6) is 0 Å². The van der Waals surface area contributed by atoms with Gasteiger partial charge in [-0.05, 0) is 12.8 Å². The number of hydrogen-bond donors (Lipinski definition) is 0. The third-order valence-corrected chi connectivity index (χ3v) is 10.9. The summed E-state index contributed by atoms with van der Waals surface area (Å²) in [4.78, 5) is 37.6. The Bertz CT molecular complexity index is 881. The molecule has 0 spiro atoms. The van der Waals surface area contributed by atoms with Gasteiger partial charge in [0.25, 0.3) is 7.82 Å². The number of quaternary nitrogens is 1. The van der Waals surface area contributed by atoms with Gasteiger partial charge in [-0.1, -0.05) is 194 Å². The molecule has 0 aromatic rings. The lowest BCUT2D eigenvalue weighted by molar-refractivity contribution is -0.870. The molecule has 0 aliphatic heterocycles. The summed E-state index contributed by atoms with van der Waals surface area (Å²) in [5.41, 5.74) is 0. The van der Waals surface area contributed by atoms with E-state index in [1.165, 1.54) is 148 Å². The van der Waals surface area contributed by atoms with Crippen molar-refractivity contribution in [1.29, 1.82) is 0 Å². The molecule has 0 aromatic heterocycles. The Balaban J connectivity index is 4.28. The summed E-state index contributed by atoms with van der Waals surface area (Å²) in [6.45, 7) is 4.38. The van der Waals surface area contributed by atoms with E-state index < -0.39 is 32.7 Å². The molecule has 0 fully saturated rings. The third-order valence-electron chi connectivity index (χ3n) is 9.87. The Morgan fingerprint density at radius 1 is 0.528 bits per heavy atom. The van der Waals surface area contributed by atoms with Crippen molar-refractivity contribution >= 4 is 19.8 Å². The van der Waals surface area contributed by atoms with E-state index in [0.717, 1.165) is 32.1 Å². The number of unbranched alkanes of at least 4 members (excludes halogenated alkanes) is 28. The monoisotopic (exact) mass is 776 g/mol. The standard InChI is InChI=1S/C43H86NO8P/c1-6-8-10-12-14-16-18-20-22-24-26-28-30-32-34-36-41(45)49-40-43(52-53(47,48)50-39-38-44(3,4)5)51-42(46)37-35-33-31-29-27-25-23-21-19-17-15-13-11-9-7-2/h43H,6-40H2,1-5H3. The van der Waals surface area contributed by atoms with Crippen LogP contribution in [0.3, 0.4) is 0 Å². The van der Waals surface area contributed by atoms with Gasteiger partial charge in [0.2, 0.25) is 6.29 Å². The largest absolute Gasteiger partial charge is 0.756 e. The van der Waals surface area contributed by atoms with Crippen LogP contribution in [-0.2, 0) is 32.7 Å². The maximum Gasteiger partial charge on any atom is 0.308 e. The number of carbonyl (C=O) groups excluding carboxylic acids is 2. The Morgan fingerprint density at radius 3 is 1.19 bits per heavy atom. The molecule has 0 N–H and O–H groups in total. The number of hydrogen-bond acceptors (Lipinski definition) is 8. The second kappa shape index (κ2) is 36.6. The van der Waals surface area contributed by atoms with Gasteiger partial charge in [-0.2, -0.15) is 0 Å². The van der Waals surface area contributed by atoms with Crippen LogP contribution in [0.4, 0.5) is 0 Å². The molecule has 0 saturated heterocycles. The molecule has 2 atom stereocenters. The van der Waals surface area contributed by atoms with Crippen LogP contribution in [-0.4, -0.2) is 63.6 Å². The first-order chi connectivity index (χ1) is 25.5. The minimum Gasteiger partial charge on any atom is -0.756 e. The zero-order valence-corrected chi connectivity index (χ0v) is 36.4. The van der Waals surface area contributed by atoms with Gasteiger partial charge in [0.1, 0.15) is 13.2 Å². The minimum absolute atomic E-state index is 0.0803. The highest BCUT2D eigenvalue weighted by Gasteiger charge is 2.24. The number of nitrogens with zero attached hydrogens (tertiary/aromatic N) is 1. The summed E-state index contributed by atoms with van der Waals surface area (Å²) < 4.78 is 33.8. The van der Waals surface area contributed by atoms with Crippen molar-refractivity contribution in [3.8, 4) is 0 Å². The van der Waals surface area contributed by atoms with E-state index >= 15 is 0 Å². The van der Waals surface area contributed by atoms with Gasteiger partial charge in [-0.3, -0.25) is 18.7 Å². The minimum atomic E-state index is -4.80. The van der Waals surface area contributed by atoms with E-state index in [-0.39, 0.29) is 19.4 Å². The number of phosphoric ester groups is 1. The van der Waals surface area contributed by atoms with Crippen LogP contribution in [0.25, 0.3) is 0 Å². The Morgan fingerprint density at radius 2 is 0.849 bits per heavy atom. The van der Waals surface area contributed by atoms with Crippen molar-refractivity contribution in [3.63, 3.8) is 0 Å². The third kappa shape index (κ3) is 40.5. The van der Waals surface area contributed by atoms with E-state index in [1.807, 2.05) is 21.1 Å². The van der Waals surface area contributed by atoms with E-state index in [1.54, 1.807) is 0 Å². The summed E-state index contributed by atoms with van der Waals surface area (Å²) in [7, 11) is 0.956. The number of rotatable bonds is 41. The number of phosphoric acid groups is 1. The number of carbonyl (C=O) groups is 2. The second-order valence-electron chi connectivity index (χ2n) is 16.4. The topological polar surface area (TPSA) is 111 Å². The van der Waals surface area contributed by atoms with Crippen LogP contribution in [0.15, 0.2) is 0 Å². The Labute approximate surface area is 327 Å². The SMILES string of the molecule is CCCCCCCCCCCCCCCCCC(=O)OCC(OC(=O)CCCCCCCCCCCCCCCCC)OP(=O)([O-])OCC[N+](C)(C)C. The lowest BCUT2D eigenvalue weighted by Crippen LogP contribution is -2.38. The molecule has 0 bridgehead atoms. The van der Waals surface area contributed by atoms with Crippen molar-refractivity contribution in [1.82, 2.24) is 0 Å². The molecule has 0 aliphatic carbocycles. The quantitative estimate of drug-likeness (QED) is 0.0198. The summed E-state index contributed by atoms with van der Waals surface area (Å²) in [5, 5.41) is 0. The smallest absolute Gasteiger partial charge is 0.308 e. The average molecular weight is 776 g/mol. The van der Waals surface area contributed by atoms with E-state index in [4.69, 9.17) is 18.5 Å². The van der Waals surface area contributed by atoms with E-state index in [2.05, 4.69) is 13.8 Å². The first-order valence-electron chi connectivity index (χ1n) is 22.3. The normalized spacial score (nSPS) is 13.5. The number of ether oxygens (including phenoxy) is 2. The van der Waals surface area contributed by atoms with Crippen molar-refractivity contribution in [2.24, 2.45) is 0 Å². The van der Waals surface area contributed by atoms with Gasteiger partial charge < -0.3 is 23.4 Å². The molecular formula is C43H86NO8P. The van der Waals surface area contributed by atoms with E-state index in [0.29, 0.717) is 23.9 Å². The summed E-state index contributed by atoms with van der Waals surface area (Å²) in [5.74, 6) is -1.03. The highest BCUT2D eigenvalue weighted by Crippen LogP contribution is 2.40. The predicted octanol–water partition coefficient (Wildman–Crippen LogP) is 12.1. The lowest BCUT2D eigenvalue weighted by Gasteiger charge is -2.29. The van der Waals surface area contributed by atoms with Crippen molar-refractivity contribution in [2.75, 3.05) is 40.9 Å². The predicted molar refractivity (Wildman–Crippen MR) is 217 cm³/mol. The van der Waals surface area contributed by atoms with Gasteiger partial charge in [0, 0.05) is 12.8 Å². The van der Waals surface area contributed by atoms with Crippen LogP contribution in [0.1, 0.15) is 219 Å². The zero-order chi connectivity index (χ0) is 39.3. The van der Waals surface area contributed by atoms with Gasteiger partial charge in [-0.25, -0.2) is 0 Å². The van der Waals surface area contributed by atoms with Crippen molar-refractivity contribution < 1.29 is 42.1 Å². The molecule has 10 heteroatoms. The van der Waals surface area contributed by atoms with Crippen LogP contribution in [0.2, 0.25) is 0 Å². The summed E-state index contributed by atoms with van der Waals surface area (Å²) >= 11 is 0. The van der Waals surface area contributed by atoms with Crippen molar-refractivity contribution in [2.45, 2.75) is 226 Å². The fraction of sp³-hybridized carbons (Fsp3) is 0.953. The molecule has 9 nitrogen and oxygen atoms in total. The average Bonchev–Trinajstić information content (AvgIpc) is 3.09. The maximum atomic E-state index is 12.6. The highest BCUT2D eigenvalue weighted by molar-refractivity contribution is 7.45. The van der Waals surface area contributed by atoms with Crippen LogP contribution >= 0.6 is 7.82 Å². The zero-order valence-electron chi connectivity index (χ0n) is 35.5. The van der Waals surface area contributed by atoms with E-state index in [9.17, 15) is 19.0 Å². The van der Waals surface area contributed by atoms with Crippen molar-refractivity contribution in [3.05, 3.63) is 0 Å². The van der Waals surface area contributed by atoms with Gasteiger partial charge in [0.15, 0.2) is 6.61 Å². The Kier molecular flexibility index (Phi) is 36.0. The molecule has 0 amide bonds. The molecule has 0 rings (SSSR count).